The topological polar surface area (TPSA) is 54.5 Å². The van der Waals surface area contributed by atoms with E-state index in [1.54, 1.807) is 0 Å². The van der Waals surface area contributed by atoms with Crippen LogP contribution in [-0.2, 0) is 12.8 Å². The molecule has 106 valence electrons. The smallest absolute Gasteiger partial charge is 0.150 e. The van der Waals surface area contributed by atoms with Crippen molar-refractivity contribution in [3.05, 3.63) is 65.9 Å². The van der Waals surface area contributed by atoms with Crippen molar-refractivity contribution >= 4 is 0 Å². The Balaban J connectivity index is 1.72. The van der Waals surface area contributed by atoms with Gasteiger partial charge in [0.25, 0.3) is 0 Å². The van der Waals surface area contributed by atoms with Crippen molar-refractivity contribution in [2.24, 2.45) is 0 Å². The predicted octanol–water partition coefficient (Wildman–Crippen LogP) is 3.41. The molecular weight excluding hydrogens is 260 g/mol. The van der Waals surface area contributed by atoms with E-state index in [1.165, 1.54) is 0 Å². The molecule has 0 spiro atoms. The summed E-state index contributed by atoms with van der Waals surface area (Å²) in [6.07, 6.45) is 4.62. The van der Waals surface area contributed by atoms with Crippen LogP contribution in [0.15, 0.2) is 48.7 Å². The van der Waals surface area contributed by atoms with Gasteiger partial charge in [0.15, 0.2) is 5.82 Å². The molecule has 1 aromatic carbocycles. The van der Waals surface area contributed by atoms with Crippen LogP contribution in [-0.4, -0.2) is 20.2 Å². The molecule has 3 rings (SSSR count). The number of rotatable bonds is 5. The van der Waals surface area contributed by atoms with Crippen LogP contribution in [0, 0.1) is 0 Å². The number of benzene rings is 1. The summed E-state index contributed by atoms with van der Waals surface area (Å²) in [4.78, 5) is 9.01. The fourth-order valence-electron chi connectivity index (χ4n) is 2.25. The fourth-order valence-corrected chi connectivity index (χ4v) is 2.25. The summed E-state index contributed by atoms with van der Waals surface area (Å²) in [6.45, 7) is 2.13. The first-order chi connectivity index (χ1) is 10.3. The van der Waals surface area contributed by atoms with Gasteiger partial charge in [0.05, 0.1) is 5.69 Å². The zero-order chi connectivity index (χ0) is 14.5. The Hall–Kier alpha value is -2.49. The summed E-state index contributed by atoms with van der Waals surface area (Å²) in [7, 11) is 0. The van der Waals surface area contributed by atoms with Gasteiger partial charge in [-0.3, -0.25) is 10.1 Å². The van der Waals surface area contributed by atoms with Crippen LogP contribution < -0.4 is 0 Å². The van der Waals surface area contributed by atoms with E-state index in [0.29, 0.717) is 0 Å². The summed E-state index contributed by atoms with van der Waals surface area (Å²) in [5, 5.41) is 7.21. The van der Waals surface area contributed by atoms with Crippen molar-refractivity contribution in [3.63, 3.8) is 0 Å². The van der Waals surface area contributed by atoms with Crippen molar-refractivity contribution in [1.82, 2.24) is 20.2 Å². The van der Waals surface area contributed by atoms with Gasteiger partial charge in [-0.2, -0.15) is 5.10 Å². The highest BCUT2D eigenvalue weighted by molar-refractivity contribution is 5.58. The monoisotopic (exact) mass is 278 g/mol. The van der Waals surface area contributed by atoms with E-state index in [-0.39, 0.29) is 0 Å². The van der Waals surface area contributed by atoms with Crippen LogP contribution in [0.3, 0.4) is 0 Å². The third kappa shape index (κ3) is 3.34. The van der Waals surface area contributed by atoms with Crippen LogP contribution in [0.2, 0.25) is 0 Å². The maximum Gasteiger partial charge on any atom is 0.150 e. The first-order valence-electron chi connectivity index (χ1n) is 7.25. The second-order valence-electron chi connectivity index (χ2n) is 5.04. The molecule has 0 saturated carbocycles. The van der Waals surface area contributed by atoms with Gasteiger partial charge in [0, 0.05) is 24.6 Å². The number of H-pyrrole nitrogens is 1. The molecule has 0 atom stereocenters. The molecule has 0 aliphatic heterocycles. The summed E-state index contributed by atoms with van der Waals surface area (Å²) < 4.78 is 0. The normalized spacial score (nSPS) is 10.7. The maximum absolute atomic E-state index is 4.53. The SMILES string of the molecule is CCCc1n[nH]c(Cc2ccc(-c3ccccc3)nc2)n1. The fraction of sp³-hybridized carbons (Fsp3) is 0.235. The molecule has 0 saturated heterocycles. The molecule has 3 aromatic rings. The molecule has 0 bridgehead atoms. The predicted molar refractivity (Wildman–Crippen MR) is 82.9 cm³/mol. The lowest BCUT2D eigenvalue weighted by atomic mass is 10.1. The second kappa shape index (κ2) is 6.31. The minimum atomic E-state index is 0.735. The average Bonchev–Trinajstić information content (AvgIpc) is 2.97. The van der Waals surface area contributed by atoms with Gasteiger partial charge in [-0.15, -0.1) is 0 Å². The van der Waals surface area contributed by atoms with Crippen molar-refractivity contribution < 1.29 is 0 Å². The summed E-state index contributed by atoms with van der Waals surface area (Å²) >= 11 is 0. The van der Waals surface area contributed by atoms with E-state index in [4.69, 9.17) is 0 Å². The molecule has 1 N–H and O–H groups in total. The van der Waals surface area contributed by atoms with E-state index in [1.807, 2.05) is 30.5 Å². The Morgan fingerprint density at radius 1 is 1.05 bits per heavy atom. The Morgan fingerprint density at radius 2 is 1.90 bits per heavy atom. The van der Waals surface area contributed by atoms with E-state index in [2.05, 4.69) is 45.3 Å². The number of hydrogen-bond donors (Lipinski definition) is 1. The minimum absolute atomic E-state index is 0.735. The van der Waals surface area contributed by atoms with E-state index in [0.717, 1.165) is 47.7 Å². The van der Waals surface area contributed by atoms with Crippen LogP contribution >= 0.6 is 0 Å². The van der Waals surface area contributed by atoms with Gasteiger partial charge in [-0.1, -0.05) is 43.3 Å². The first kappa shape index (κ1) is 13.5. The lowest BCUT2D eigenvalue weighted by Crippen LogP contribution is -1.93. The summed E-state index contributed by atoms with van der Waals surface area (Å²) in [6, 6.07) is 14.3. The lowest BCUT2D eigenvalue weighted by Gasteiger charge is -2.02. The number of hydrogen-bond acceptors (Lipinski definition) is 3. The molecule has 0 aliphatic rings. The van der Waals surface area contributed by atoms with Gasteiger partial charge < -0.3 is 0 Å². The molecule has 0 aliphatic carbocycles. The van der Waals surface area contributed by atoms with Crippen molar-refractivity contribution in [1.29, 1.82) is 0 Å². The Kier molecular flexibility index (Phi) is 4.05. The third-order valence-corrected chi connectivity index (χ3v) is 3.32. The van der Waals surface area contributed by atoms with Crippen LogP contribution in [0.5, 0.6) is 0 Å². The zero-order valence-electron chi connectivity index (χ0n) is 12.1. The molecule has 4 heteroatoms. The lowest BCUT2D eigenvalue weighted by molar-refractivity contribution is 0.841. The number of aryl methyl sites for hydroxylation is 1. The Labute approximate surface area is 124 Å². The quantitative estimate of drug-likeness (QED) is 0.778. The zero-order valence-corrected chi connectivity index (χ0v) is 12.1. The molecule has 2 aromatic heterocycles. The van der Waals surface area contributed by atoms with Crippen LogP contribution in [0.4, 0.5) is 0 Å². The maximum atomic E-state index is 4.53. The summed E-state index contributed by atoms with van der Waals surface area (Å²) in [5.41, 5.74) is 3.26. The Morgan fingerprint density at radius 3 is 2.62 bits per heavy atom. The highest BCUT2D eigenvalue weighted by atomic mass is 15.2. The molecule has 0 amide bonds. The van der Waals surface area contributed by atoms with Crippen LogP contribution in [0.1, 0.15) is 30.6 Å². The van der Waals surface area contributed by atoms with Crippen LogP contribution in [0.25, 0.3) is 11.3 Å². The van der Waals surface area contributed by atoms with Gasteiger partial charge >= 0.3 is 0 Å². The first-order valence-corrected chi connectivity index (χ1v) is 7.25. The number of nitrogens with one attached hydrogen (secondary N) is 1. The molecule has 2 heterocycles. The standard InChI is InChI=1S/C17H18N4/c1-2-6-16-19-17(21-20-16)11-13-9-10-15(18-12-13)14-7-4-3-5-8-14/h3-5,7-10,12H,2,6,11H2,1H3,(H,19,20,21). The molecule has 0 unspecified atom stereocenters. The molecule has 4 nitrogen and oxygen atoms in total. The summed E-state index contributed by atoms with van der Waals surface area (Å²) in [5.74, 6) is 1.79. The molecule has 21 heavy (non-hydrogen) atoms. The van der Waals surface area contributed by atoms with E-state index >= 15 is 0 Å². The number of aromatic nitrogens is 4. The number of pyridine rings is 1. The van der Waals surface area contributed by atoms with Crippen molar-refractivity contribution in [3.8, 4) is 11.3 Å². The molecular formula is C17H18N4. The number of aromatic amines is 1. The third-order valence-electron chi connectivity index (χ3n) is 3.32. The highest BCUT2D eigenvalue weighted by Gasteiger charge is 2.04. The van der Waals surface area contributed by atoms with Crippen molar-refractivity contribution in [2.45, 2.75) is 26.2 Å². The minimum Gasteiger partial charge on any atom is -0.263 e. The largest absolute Gasteiger partial charge is 0.263 e. The number of nitrogens with zero attached hydrogens (tertiary/aromatic N) is 3. The molecule has 0 fully saturated rings. The molecule has 0 radical (unpaired) electrons. The van der Waals surface area contributed by atoms with Gasteiger partial charge in [0.1, 0.15) is 5.82 Å². The van der Waals surface area contributed by atoms with Gasteiger partial charge in [-0.05, 0) is 18.1 Å². The van der Waals surface area contributed by atoms with Gasteiger partial charge in [0.2, 0.25) is 0 Å². The van der Waals surface area contributed by atoms with Gasteiger partial charge in [-0.25, -0.2) is 4.98 Å². The Bertz CT molecular complexity index is 686. The highest BCUT2D eigenvalue weighted by Crippen LogP contribution is 2.17. The van der Waals surface area contributed by atoms with E-state index in [9.17, 15) is 0 Å². The average molecular weight is 278 g/mol. The van der Waals surface area contributed by atoms with Crippen molar-refractivity contribution in [2.75, 3.05) is 0 Å². The second-order valence-corrected chi connectivity index (χ2v) is 5.04. The van der Waals surface area contributed by atoms with E-state index < -0.39 is 0 Å².